The quantitative estimate of drug-likeness (QED) is 0.527. The smallest absolute Gasteiger partial charge is 0.139 e. The largest absolute Gasteiger partial charge is 0.508 e. The van der Waals surface area contributed by atoms with Gasteiger partial charge in [-0.05, 0) is 30.5 Å². The highest BCUT2D eigenvalue weighted by Gasteiger charge is 2.09. The van der Waals surface area contributed by atoms with E-state index in [0.29, 0.717) is 15.8 Å². The van der Waals surface area contributed by atoms with Gasteiger partial charge >= 0.3 is 0 Å². The normalized spacial score (nSPS) is 9.94. The fourth-order valence-electron chi connectivity index (χ4n) is 1.65. The molecule has 80 valence electrons. The first-order valence-corrected chi connectivity index (χ1v) is 5.15. The second kappa shape index (κ2) is 4.07. The van der Waals surface area contributed by atoms with Crippen molar-refractivity contribution in [2.24, 2.45) is 0 Å². The van der Waals surface area contributed by atoms with Gasteiger partial charge in [-0.3, -0.25) is 0 Å². The summed E-state index contributed by atoms with van der Waals surface area (Å²) in [7, 11) is 0. The molecule has 0 saturated heterocycles. The number of phenols is 1. The number of halogens is 1. The molecule has 0 amide bonds. The van der Waals surface area contributed by atoms with Crippen molar-refractivity contribution in [3.8, 4) is 17.6 Å². The van der Waals surface area contributed by atoms with Crippen molar-refractivity contribution in [2.45, 2.75) is 11.8 Å². The summed E-state index contributed by atoms with van der Waals surface area (Å²) < 4.78 is 13.6. The van der Waals surface area contributed by atoms with E-state index < -0.39 is 0 Å². The predicted molar refractivity (Wildman–Crippen MR) is 65.4 cm³/mol. The molecule has 2 rings (SSSR count). The monoisotopic (exact) mass is 232 g/mol. The Hall–Kier alpha value is -1.66. The lowest BCUT2D eigenvalue weighted by Crippen LogP contribution is -1.88. The first-order chi connectivity index (χ1) is 7.63. The SMILES string of the molecule is CC#Cc1c(F)ccc2cc(O)cc(S)c12. The second-order valence-corrected chi connectivity index (χ2v) is 3.84. The van der Waals surface area contributed by atoms with Crippen molar-refractivity contribution in [3.63, 3.8) is 0 Å². The molecule has 1 nitrogen and oxygen atoms in total. The van der Waals surface area contributed by atoms with E-state index in [2.05, 4.69) is 24.5 Å². The van der Waals surface area contributed by atoms with E-state index in [4.69, 9.17) is 0 Å². The molecule has 0 heterocycles. The molecular formula is C13H9FOS. The van der Waals surface area contributed by atoms with Gasteiger partial charge in [0.1, 0.15) is 11.6 Å². The molecule has 0 aliphatic rings. The zero-order valence-corrected chi connectivity index (χ0v) is 9.48. The summed E-state index contributed by atoms with van der Waals surface area (Å²) in [5.74, 6) is 5.13. The van der Waals surface area contributed by atoms with Gasteiger partial charge in [0.05, 0.1) is 5.56 Å². The summed E-state index contributed by atoms with van der Waals surface area (Å²) in [4.78, 5) is 0.521. The summed E-state index contributed by atoms with van der Waals surface area (Å²) in [5.41, 5.74) is 0.324. The van der Waals surface area contributed by atoms with Crippen molar-refractivity contribution in [2.75, 3.05) is 0 Å². The van der Waals surface area contributed by atoms with Gasteiger partial charge < -0.3 is 5.11 Å². The first kappa shape index (κ1) is 10.8. The summed E-state index contributed by atoms with van der Waals surface area (Å²) in [6, 6.07) is 5.99. The average Bonchev–Trinajstić information content (AvgIpc) is 2.22. The maximum Gasteiger partial charge on any atom is 0.139 e. The molecule has 2 aromatic rings. The van der Waals surface area contributed by atoms with E-state index in [9.17, 15) is 9.50 Å². The summed E-state index contributed by atoms with van der Waals surface area (Å²) in [6.45, 7) is 1.65. The minimum Gasteiger partial charge on any atom is -0.508 e. The Morgan fingerprint density at radius 1 is 1.31 bits per heavy atom. The van der Waals surface area contributed by atoms with E-state index in [1.165, 1.54) is 12.1 Å². The molecule has 0 saturated carbocycles. The van der Waals surface area contributed by atoms with Crippen LogP contribution in [0.15, 0.2) is 29.2 Å². The minimum absolute atomic E-state index is 0.111. The van der Waals surface area contributed by atoms with Crippen LogP contribution in [-0.4, -0.2) is 5.11 Å². The van der Waals surface area contributed by atoms with Crippen LogP contribution in [0.5, 0.6) is 5.75 Å². The van der Waals surface area contributed by atoms with Gasteiger partial charge in [0.25, 0.3) is 0 Å². The molecule has 16 heavy (non-hydrogen) atoms. The van der Waals surface area contributed by atoms with E-state index in [-0.39, 0.29) is 11.6 Å². The van der Waals surface area contributed by atoms with Crippen LogP contribution in [0.4, 0.5) is 4.39 Å². The van der Waals surface area contributed by atoms with Crippen LogP contribution in [0, 0.1) is 17.7 Å². The number of thiol groups is 1. The van der Waals surface area contributed by atoms with Crippen molar-refractivity contribution in [3.05, 3.63) is 35.6 Å². The lowest BCUT2D eigenvalue weighted by molar-refractivity contribution is 0.475. The number of fused-ring (bicyclic) bond motifs is 1. The number of rotatable bonds is 0. The number of benzene rings is 2. The Kier molecular flexibility index (Phi) is 2.76. The number of aromatic hydroxyl groups is 1. The molecule has 0 unspecified atom stereocenters. The molecule has 0 atom stereocenters. The van der Waals surface area contributed by atoms with Gasteiger partial charge in [0.15, 0.2) is 0 Å². The Morgan fingerprint density at radius 2 is 2.06 bits per heavy atom. The van der Waals surface area contributed by atoms with Gasteiger partial charge in [-0.15, -0.1) is 18.5 Å². The Morgan fingerprint density at radius 3 is 2.75 bits per heavy atom. The van der Waals surface area contributed by atoms with Crippen LogP contribution in [-0.2, 0) is 0 Å². The van der Waals surface area contributed by atoms with Crippen LogP contribution >= 0.6 is 12.6 Å². The van der Waals surface area contributed by atoms with E-state index in [1.807, 2.05) is 0 Å². The van der Waals surface area contributed by atoms with Crippen molar-refractivity contribution >= 4 is 23.4 Å². The van der Waals surface area contributed by atoms with Crippen LogP contribution in [0.2, 0.25) is 0 Å². The number of hydrogen-bond donors (Lipinski definition) is 2. The molecule has 0 radical (unpaired) electrons. The Labute approximate surface area is 98.3 Å². The third-order valence-corrected chi connectivity index (χ3v) is 2.63. The van der Waals surface area contributed by atoms with Gasteiger partial charge in [0, 0.05) is 10.3 Å². The lowest BCUT2D eigenvalue weighted by atomic mass is 10.0. The van der Waals surface area contributed by atoms with Crippen molar-refractivity contribution < 1.29 is 9.50 Å². The standard InChI is InChI=1S/C13H9FOS/c1-2-3-10-11(14)5-4-8-6-9(15)7-12(16)13(8)10/h4-7,15-16H,1H3. The van der Waals surface area contributed by atoms with Crippen LogP contribution in [0.3, 0.4) is 0 Å². The predicted octanol–water partition coefficient (Wildman–Crippen LogP) is 3.34. The van der Waals surface area contributed by atoms with Gasteiger partial charge in [-0.1, -0.05) is 12.0 Å². The fourth-order valence-corrected chi connectivity index (χ4v) is 2.02. The minimum atomic E-state index is -0.372. The van der Waals surface area contributed by atoms with Crippen LogP contribution in [0.1, 0.15) is 12.5 Å². The molecule has 0 aliphatic heterocycles. The maximum atomic E-state index is 13.6. The molecule has 0 fully saturated rings. The molecule has 2 aromatic carbocycles. The zero-order valence-electron chi connectivity index (χ0n) is 8.58. The molecule has 1 N–H and O–H groups in total. The highest BCUT2D eigenvalue weighted by atomic mass is 32.1. The zero-order chi connectivity index (χ0) is 11.7. The molecule has 0 aromatic heterocycles. The average molecular weight is 232 g/mol. The van der Waals surface area contributed by atoms with Crippen LogP contribution in [0.25, 0.3) is 10.8 Å². The number of hydrogen-bond acceptors (Lipinski definition) is 2. The summed E-state index contributed by atoms with van der Waals surface area (Å²) >= 11 is 4.24. The molecule has 0 spiro atoms. The molecular weight excluding hydrogens is 223 g/mol. The van der Waals surface area contributed by atoms with Crippen molar-refractivity contribution in [1.29, 1.82) is 0 Å². The van der Waals surface area contributed by atoms with Gasteiger partial charge in [0.2, 0.25) is 0 Å². The summed E-state index contributed by atoms with van der Waals surface area (Å²) in [6.07, 6.45) is 0. The van der Waals surface area contributed by atoms with Crippen LogP contribution < -0.4 is 0 Å². The molecule has 3 heteroatoms. The highest BCUT2D eigenvalue weighted by molar-refractivity contribution is 7.80. The van der Waals surface area contributed by atoms with E-state index in [0.717, 1.165) is 5.39 Å². The maximum absolute atomic E-state index is 13.6. The third-order valence-electron chi connectivity index (χ3n) is 2.28. The van der Waals surface area contributed by atoms with Gasteiger partial charge in [-0.2, -0.15) is 0 Å². The van der Waals surface area contributed by atoms with E-state index >= 15 is 0 Å². The third kappa shape index (κ3) is 1.72. The van der Waals surface area contributed by atoms with Gasteiger partial charge in [-0.25, -0.2) is 4.39 Å². The lowest BCUT2D eigenvalue weighted by Gasteiger charge is -2.06. The van der Waals surface area contributed by atoms with Crippen molar-refractivity contribution in [1.82, 2.24) is 0 Å². The Bertz CT molecular complexity index is 623. The highest BCUT2D eigenvalue weighted by Crippen LogP contribution is 2.31. The number of phenolic OH excluding ortho intramolecular Hbond substituents is 1. The second-order valence-electron chi connectivity index (χ2n) is 3.36. The molecule has 0 aliphatic carbocycles. The topological polar surface area (TPSA) is 20.2 Å². The molecule has 0 bridgehead atoms. The van der Waals surface area contributed by atoms with E-state index in [1.54, 1.807) is 19.1 Å². The fraction of sp³-hybridized carbons (Fsp3) is 0.0769. The first-order valence-electron chi connectivity index (χ1n) is 4.70. The summed E-state index contributed by atoms with van der Waals surface area (Å²) in [5, 5.41) is 10.8. The Balaban J connectivity index is 2.95.